The van der Waals surface area contributed by atoms with Gasteiger partial charge in [0.2, 0.25) is 0 Å². The number of hydrogen-bond donors (Lipinski definition) is 1. The molecule has 0 aromatic rings. The van der Waals surface area contributed by atoms with E-state index in [-0.39, 0.29) is 0 Å². The molecule has 0 aromatic heterocycles. The van der Waals surface area contributed by atoms with Crippen LogP contribution in [-0.4, -0.2) is 15.0 Å². The summed E-state index contributed by atoms with van der Waals surface area (Å²) >= 11 is -2.00. The molecule has 0 aliphatic rings. The molecule has 0 aliphatic carbocycles. The van der Waals surface area contributed by atoms with Gasteiger partial charge in [0.1, 0.15) is 0 Å². The molecule has 0 rings (SSSR count). The summed E-state index contributed by atoms with van der Waals surface area (Å²) in [5, 5.41) is 0. The van der Waals surface area contributed by atoms with E-state index in [9.17, 15) is 4.21 Å². The van der Waals surface area contributed by atoms with Gasteiger partial charge in [-0.3, -0.25) is 4.55 Å². The summed E-state index contributed by atoms with van der Waals surface area (Å²) in [6.45, 7) is 2.11. The van der Waals surface area contributed by atoms with Crippen LogP contribution in [0.3, 0.4) is 0 Å². The smallest absolute Gasteiger partial charge is 0.281 e. The van der Waals surface area contributed by atoms with Crippen LogP contribution in [0.15, 0.2) is 4.40 Å². The van der Waals surface area contributed by atoms with Crippen LogP contribution < -0.4 is 0 Å². The van der Waals surface area contributed by atoms with E-state index in [1.54, 1.807) is 0 Å². The van der Waals surface area contributed by atoms with Crippen molar-refractivity contribution in [1.29, 1.82) is 0 Å². The first-order valence-corrected chi connectivity index (χ1v) is 4.47. The molecule has 0 fully saturated rings. The third-order valence-electron chi connectivity index (χ3n) is 1.10. The topological polar surface area (TPSA) is 49.7 Å². The molecular weight excluding hydrogens is 150 g/mol. The molecule has 4 heteroatoms. The summed E-state index contributed by atoms with van der Waals surface area (Å²) in [5.74, 6) is 0. The molecule has 10 heavy (non-hydrogen) atoms. The van der Waals surface area contributed by atoms with Crippen molar-refractivity contribution in [3.8, 4) is 0 Å². The van der Waals surface area contributed by atoms with Gasteiger partial charge in [0.15, 0.2) is 0 Å². The zero-order chi connectivity index (χ0) is 7.82. The SMILES string of the molecule is CCCCCC=NS(=O)O. The van der Waals surface area contributed by atoms with Crippen molar-refractivity contribution >= 4 is 17.5 Å². The van der Waals surface area contributed by atoms with Gasteiger partial charge in [-0.15, -0.1) is 0 Å². The van der Waals surface area contributed by atoms with Crippen molar-refractivity contribution in [1.82, 2.24) is 0 Å². The summed E-state index contributed by atoms with van der Waals surface area (Å²) < 4.78 is 21.4. The van der Waals surface area contributed by atoms with Gasteiger partial charge in [-0.05, 0) is 12.8 Å². The Hall–Kier alpha value is -0.220. The number of hydrogen-bond acceptors (Lipinski definition) is 1. The molecule has 0 aliphatic heterocycles. The van der Waals surface area contributed by atoms with Gasteiger partial charge in [0.25, 0.3) is 11.3 Å². The van der Waals surface area contributed by atoms with Gasteiger partial charge in [-0.1, -0.05) is 19.8 Å². The fourth-order valence-corrected chi connectivity index (χ4v) is 0.835. The van der Waals surface area contributed by atoms with Crippen LogP contribution in [0.5, 0.6) is 0 Å². The van der Waals surface area contributed by atoms with Gasteiger partial charge in [0, 0.05) is 6.21 Å². The maximum atomic E-state index is 9.95. The maximum absolute atomic E-state index is 9.95. The molecule has 0 amide bonds. The van der Waals surface area contributed by atoms with Crippen LogP contribution in [0.4, 0.5) is 0 Å². The Morgan fingerprint density at radius 3 is 2.80 bits per heavy atom. The fraction of sp³-hybridized carbons (Fsp3) is 0.833. The van der Waals surface area contributed by atoms with E-state index in [0.717, 1.165) is 25.7 Å². The lowest BCUT2D eigenvalue weighted by Crippen LogP contribution is -1.82. The Morgan fingerprint density at radius 1 is 1.60 bits per heavy atom. The molecule has 1 unspecified atom stereocenters. The van der Waals surface area contributed by atoms with Crippen molar-refractivity contribution in [2.24, 2.45) is 4.40 Å². The van der Waals surface area contributed by atoms with E-state index in [2.05, 4.69) is 11.3 Å². The molecule has 0 bridgehead atoms. The van der Waals surface area contributed by atoms with Gasteiger partial charge in [-0.25, -0.2) is 4.21 Å². The first-order chi connectivity index (χ1) is 4.77. The number of rotatable bonds is 5. The lowest BCUT2D eigenvalue weighted by atomic mass is 10.2. The Bertz CT molecular complexity index is 125. The van der Waals surface area contributed by atoms with Crippen molar-refractivity contribution in [3.05, 3.63) is 0 Å². The van der Waals surface area contributed by atoms with Crippen molar-refractivity contribution in [2.75, 3.05) is 0 Å². The van der Waals surface area contributed by atoms with Crippen LogP contribution >= 0.6 is 0 Å². The van der Waals surface area contributed by atoms with Crippen LogP contribution in [0.25, 0.3) is 0 Å². The lowest BCUT2D eigenvalue weighted by Gasteiger charge is -1.88. The van der Waals surface area contributed by atoms with Crippen molar-refractivity contribution in [2.45, 2.75) is 32.6 Å². The normalized spacial score (nSPS) is 14.2. The van der Waals surface area contributed by atoms with E-state index in [1.807, 2.05) is 0 Å². The van der Waals surface area contributed by atoms with E-state index in [1.165, 1.54) is 6.21 Å². The maximum Gasteiger partial charge on any atom is 0.281 e. The second-order valence-corrected chi connectivity index (χ2v) is 2.69. The molecule has 60 valence electrons. The minimum absolute atomic E-state index is 0.806. The van der Waals surface area contributed by atoms with E-state index >= 15 is 0 Å². The number of nitrogens with zero attached hydrogens (tertiary/aromatic N) is 1. The zero-order valence-electron chi connectivity index (χ0n) is 6.12. The van der Waals surface area contributed by atoms with Crippen molar-refractivity contribution < 1.29 is 8.76 Å². The monoisotopic (exact) mass is 163 g/mol. The summed E-state index contributed by atoms with van der Waals surface area (Å²) in [7, 11) is 0. The third-order valence-corrected chi connectivity index (χ3v) is 1.43. The second kappa shape index (κ2) is 6.89. The van der Waals surface area contributed by atoms with Crippen LogP contribution in [0.2, 0.25) is 0 Å². The molecule has 0 aromatic carbocycles. The highest BCUT2D eigenvalue weighted by molar-refractivity contribution is 7.77. The van der Waals surface area contributed by atoms with Gasteiger partial charge >= 0.3 is 0 Å². The fourth-order valence-electron chi connectivity index (χ4n) is 0.602. The standard InChI is InChI=1S/C6H13NO2S/c1-2-3-4-5-6-7-10(8)9/h6H,2-5H2,1H3,(H,8,9). The second-order valence-electron chi connectivity index (χ2n) is 2.01. The molecule has 0 spiro atoms. The zero-order valence-corrected chi connectivity index (χ0v) is 6.93. The summed E-state index contributed by atoms with van der Waals surface area (Å²) in [6, 6.07) is 0. The highest BCUT2D eigenvalue weighted by atomic mass is 32.2. The Kier molecular flexibility index (Phi) is 6.74. The summed E-state index contributed by atoms with van der Waals surface area (Å²) in [6.07, 6.45) is 5.68. The van der Waals surface area contributed by atoms with Crippen molar-refractivity contribution in [3.63, 3.8) is 0 Å². The summed E-state index contributed by atoms with van der Waals surface area (Å²) in [4.78, 5) is 0. The van der Waals surface area contributed by atoms with Crippen LogP contribution in [0, 0.1) is 0 Å². The van der Waals surface area contributed by atoms with Gasteiger partial charge in [0.05, 0.1) is 0 Å². The molecule has 1 N–H and O–H groups in total. The third kappa shape index (κ3) is 7.78. The Balaban J connectivity index is 3.10. The van der Waals surface area contributed by atoms with E-state index < -0.39 is 11.3 Å². The highest BCUT2D eigenvalue weighted by Crippen LogP contribution is 1.96. The lowest BCUT2D eigenvalue weighted by molar-refractivity contribution is 0.566. The molecule has 1 atom stereocenters. The number of unbranched alkanes of at least 4 members (excludes halogenated alkanes) is 3. The molecule has 3 nitrogen and oxygen atoms in total. The predicted octanol–water partition coefficient (Wildman–Crippen LogP) is 1.77. The molecule has 0 saturated carbocycles. The quantitative estimate of drug-likeness (QED) is 0.381. The predicted molar refractivity (Wildman–Crippen MR) is 43.4 cm³/mol. The van der Waals surface area contributed by atoms with Crippen LogP contribution in [-0.2, 0) is 11.3 Å². The highest BCUT2D eigenvalue weighted by Gasteiger charge is 1.83. The molecular formula is C6H13NO2S. The van der Waals surface area contributed by atoms with E-state index in [0.29, 0.717) is 0 Å². The minimum atomic E-state index is -2.00. The first-order valence-electron chi connectivity index (χ1n) is 3.41. The Morgan fingerprint density at radius 2 is 2.30 bits per heavy atom. The van der Waals surface area contributed by atoms with Crippen LogP contribution in [0.1, 0.15) is 32.6 Å². The average molecular weight is 163 g/mol. The summed E-state index contributed by atoms with van der Waals surface area (Å²) in [5.41, 5.74) is 0. The van der Waals surface area contributed by atoms with Gasteiger partial charge < -0.3 is 0 Å². The molecule has 0 radical (unpaired) electrons. The first kappa shape index (κ1) is 9.78. The average Bonchev–Trinajstić information content (AvgIpc) is 1.87. The Labute approximate surface area is 64.0 Å². The van der Waals surface area contributed by atoms with E-state index in [4.69, 9.17) is 4.55 Å². The molecule has 0 heterocycles. The van der Waals surface area contributed by atoms with Gasteiger partial charge in [-0.2, -0.15) is 4.40 Å². The minimum Gasteiger partial charge on any atom is -0.288 e. The largest absolute Gasteiger partial charge is 0.288 e. The molecule has 0 saturated heterocycles.